The molecule has 0 spiro atoms. The van der Waals surface area contributed by atoms with Crippen molar-refractivity contribution >= 4 is 43.6 Å². The molecule has 0 saturated heterocycles. The lowest BCUT2D eigenvalue weighted by molar-refractivity contribution is 1.05. The number of aryl methyl sites for hydroxylation is 1. The molecule has 0 aliphatic heterocycles. The summed E-state index contributed by atoms with van der Waals surface area (Å²) in [5.74, 6) is 1.54. The van der Waals surface area contributed by atoms with E-state index in [2.05, 4.69) is 168 Å². The predicted molar refractivity (Wildman–Crippen MR) is 212 cm³/mol. The Labute approximate surface area is 295 Å². The quantitative estimate of drug-likeness (QED) is 0.185. The first kappa shape index (κ1) is 29.2. The van der Waals surface area contributed by atoms with Gasteiger partial charge in [-0.05, 0) is 66.1 Å². The molecule has 3 heterocycles. The summed E-state index contributed by atoms with van der Waals surface area (Å²) in [4.78, 5) is 10.2. The molecule has 0 radical (unpaired) electrons. The zero-order valence-corrected chi connectivity index (χ0v) is 28.0. The Kier molecular flexibility index (Phi) is 6.68. The van der Waals surface area contributed by atoms with E-state index in [0.717, 1.165) is 33.7 Å². The van der Waals surface area contributed by atoms with Gasteiger partial charge in [-0.1, -0.05) is 127 Å². The molecule has 0 N–H and O–H groups in total. The van der Waals surface area contributed by atoms with Crippen LogP contribution in [0.5, 0.6) is 0 Å². The summed E-state index contributed by atoms with van der Waals surface area (Å²) in [7, 11) is 0. The van der Waals surface area contributed by atoms with E-state index in [-0.39, 0.29) is 0 Å². The number of rotatable bonds is 5. The molecule has 3 aromatic heterocycles. The lowest BCUT2D eigenvalue weighted by Gasteiger charge is -2.12. The van der Waals surface area contributed by atoms with Crippen LogP contribution in [-0.2, 0) is 0 Å². The van der Waals surface area contributed by atoms with Gasteiger partial charge < -0.3 is 4.57 Å². The average Bonchev–Trinajstić information content (AvgIpc) is 3.71. The second kappa shape index (κ2) is 11.7. The number of para-hydroxylation sites is 3. The van der Waals surface area contributed by atoms with Crippen LogP contribution in [0, 0.1) is 6.92 Å². The molecule has 240 valence electrons. The second-order valence-corrected chi connectivity index (χ2v) is 13.1. The third-order valence-electron chi connectivity index (χ3n) is 10.1. The van der Waals surface area contributed by atoms with E-state index in [4.69, 9.17) is 9.97 Å². The normalized spacial score (nSPS) is 11.6. The number of hydrogen-bond acceptors (Lipinski definition) is 2. The van der Waals surface area contributed by atoms with Crippen molar-refractivity contribution < 1.29 is 0 Å². The molecule has 4 nitrogen and oxygen atoms in total. The number of hydrogen-bond donors (Lipinski definition) is 0. The highest BCUT2D eigenvalue weighted by Crippen LogP contribution is 2.39. The van der Waals surface area contributed by atoms with Crippen LogP contribution < -0.4 is 0 Å². The molecule has 51 heavy (non-hydrogen) atoms. The van der Waals surface area contributed by atoms with Crippen molar-refractivity contribution in [3.63, 3.8) is 0 Å². The maximum absolute atomic E-state index is 5.20. The molecule has 0 amide bonds. The van der Waals surface area contributed by atoms with Gasteiger partial charge in [-0.2, -0.15) is 0 Å². The van der Waals surface area contributed by atoms with E-state index >= 15 is 0 Å². The third kappa shape index (κ3) is 4.76. The summed E-state index contributed by atoms with van der Waals surface area (Å²) in [5.41, 5.74) is 12.4. The van der Waals surface area contributed by atoms with Gasteiger partial charge in [-0.15, -0.1) is 0 Å². The van der Waals surface area contributed by atoms with Gasteiger partial charge in [0.15, 0.2) is 5.82 Å². The van der Waals surface area contributed by atoms with Gasteiger partial charge in [-0.25, -0.2) is 9.97 Å². The van der Waals surface area contributed by atoms with Crippen LogP contribution in [0.2, 0.25) is 0 Å². The van der Waals surface area contributed by atoms with E-state index < -0.39 is 0 Å². The van der Waals surface area contributed by atoms with E-state index in [1.807, 2.05) is 24.3 Å². The van der Waals surface area contributed by atoms with Crippen LogP contribution in [0.3, 0.4) is 0 Å². The SMILES string of the molecule is Cc1ccccc1-n1c2ccccc2c2cc(-c3ccc4c(c3)c3ccccc3n4-c3cc(-c4ccccc4)nc(-c4ccccc4)n3)ccc21. The summed E-state index contributed by atoms with van der Waals surface area (Å²) in [6.07, 6.45) is 0. The largest absolute Gasteiger partial charge is 0.309 e. The topological polar surface area (TPSA) is 35.6 Å². The molecule has 0 fully saturated rings. The van der Waals surface area contributed by atoms with Gasteiger partial charge in [0.05, 0.1) is 27.8 Å². The van der Waals surface area contributed by atoms with Crippen molar-refractivity contribution in [3.8, 4) is 45.3 Å². The molecule has 4 heteroatoms. The molecule has 0 bridgehead atoms. The smallest absolute Gasteiger partial charge is 0.162 e. The fourth-order valence-electron chi connectivity index (χ4n) is 7.65. The van der Waals surface area contributed by atoms with Gasteiger partial charge in [0.25, 0.3) is 0 Å². The summed E-state index contributed by atoms with van der Waals surface area (Å²) >= 11 is 0. The summed E-state index contributed by atoms with van der Waals surface area (Å²) in [5, 5.41) is 4.87. The van der Waals surface area contributed by atoms with Gasteiger partial charge in [-0.3, -0.25) is 4.57 Å². The van der Waals surface area contributed by atoms with Gasteiger partial charge in [0, 0.05) is 44.4 Å². The minimum absolute atomic E-state index is 0.702. The molecule has 10 aromatic rings. The Bertz CT molecular complexity index is 2860. The summed E-state index contributed by atoms with van der Waals surface area (Å²) < 4.78 is 4.68. The molecule has 0 saturated carbocycles. The highest BCUT2D eigenvalue weighted by Gasteiger charge is 2.18. The van der Waals surface area contributed by atoms with Crippen molar-refractivity contribution in [2.75, 3.05) is 0 Å². The Balaban J connectivity index is 1.17. The highest BCUT2D eigenvalue weighted by atomic mass is 15.1. The van der Waals surface area contributed by atoms with Crippen molar-refractivity contribution in [2.45, 2.75) is 6.92 Å². The first-order valence-corrected chi connectivity index (χ1v) is 17.3. The van der Waals surface area contributed by atoms with E-state index in [0.29, 0.717) is 5.82 Å². The summed E-state index contributed by atoms with van der Waals surface area (Å²) in [6.45, 7) is 2.18. The third-order valence-corrected chi connectivity index (χ3v) is 10.1. The Morgan fingerprint density at radius 3 is 1.53 bits per heavy atom. The minimum atomic E-state index is 0.702. The van der Waals surface area contributed by atoms with E-state index in [9.17, 15) is 0 Å². The lowest BCUT2D eigenvalue weighted by Crippen LogP contribution is -2.02. The van der Waals surface area contributed by atoms with Crippen LogP contribution in [0.25, 0.3) is 88.9 Å². The molecule has 7 aromatic carbocycles. The van der Waals surface area contributed by atoms with Crippen LogP contribution in [-0.4, -0.2) is 19.1 Å². The highest BCUT2D eigenvalue weighted by molar-refractivity contribution is 6.12. The van der Waals surface area contributed by atoms with Crippen molar-refractivity contribution in [2.24, 2.45) is 0 Å². The number of fused-ring (bicyclic) bond motifs is 6. The van der Waals surface area contributed by atoms with Crippen molar-refractivity contribution in [1.29, 1.82) is 0 Å². The van der Waals surface area contributed by atoms with Crippen molar-refractivity contribution in [1.82, 2.24) is 19.1 Å². The Hall–Kier alpha value is -6.78. The molecule has 10 rings (SSSR count). The van der Waals surface area contributed by atoms with Gasteiger partial charge >= 0.3 is 0 Å². The molecule has 0 aliphatic rings. The monoisotopic (exact) mass is 652 g/mol. The number of benzene rings is 7. The Morgan fingerprint density at radius 1 is 0.373 bits per heavy atom. The zero-order chi connectivity index (χ0) is 33.9. The van der Waals surface area contributed by atoms with Crippen LogP contribution in [0.4, 0.5) is 0 Å². The molecule has 0 unspecified atom stereocenters. The fraction of sp³-hybridized carbons (Fsp3) is 0.0213. The maximum atomic E-state index is 5.20. The first-order valence-electron chi connectivity index (χ1n) is 17.3. The summed E-state index contributed by atoms with van der Waals surface area (Å²) in [6, 6.07) is 62.4. The molecule has 0 aliphatic carbocycles. The van der Waals surface area contributed by atoms with Gasteiger partial charge in [0.2, 0.25) is 0 Å². The molecular weight excluding hydrogens is 621 g/mol. The standard InChI is InChI=1S/C47H32N4/c1-31-14-8-11-21-41(31)50-42-22-12-9-19-36(42)38-28-34(24-26-44(38)50)35-25-27-45-39(29-35)37-20-10-13-23-43(37)51(45)46-30-40(32-15-4-2-5-16-32)48-47(49-46)33-17-6-3-7-18-33/h2-30H,1H3. The van der Waals surface area contributed by atoms with Crippen LogP contribution >= 0.6 is 0 Å². The van der Waals surface area contributed by atoms with Crippen LogP contribution in [0.15, 0.2) is 176 Å². The van der Waals surface area contributed by atoms with Crippen molar-refractivity contribution in [3.05, 3.63) is 181 Å². The van der Waals surface area contributed by atoms with Crippen LogP contribution in [0.1, 0.15) is 5.56 Å². The van der Waals surface area contributed by atoms with Gasteiger partial charge in [0.1, 0.15) is 5.82 Å². The first-order chi connectivity index (χ1) is 25.2. The van der Waals surface area contributed by atoms with E-state index in [1.165, 1.54) is 55.0 Å². The predicted octanol–water partition coefficient (Wildman–Crippen LogP) is 12.0. The fourth-order valence-corrected chi connectivity index (χ4v) is 7.65. The lowest BCUT2D eigenvalue weighted by atomic mass is 10.0. The minimum Gasteiger partial charge on any atom is -0.309 e. The van der Waals surface area contributed by atoms with E-state index in [1.54, 1.807) is 0 Å². The average molecular weight is 653 g/mol. The number of aromatic nitrogens is 4. The Morgan fingerprint density at radius 2 is 0.882 bits per heavy atom. The number of nitrogens with zero attached hydrogens (tertiary/aromatic N) is 4. The zero-order valence-electron chi connectivity index (χ0n) is 28.0. The second-order valence-electron chi connectivity index (χ2n) is 13.1. The molecular formula is C47H32N4. The maximum Gasteiger partial charge on any atom is 0.162 e. The molecule has 0 atom stereocenters.